The SMILES string of the molecule is CCNC(=O)NC(Cc1ccccc1)C(=O)OC. The number of carbonyl (C=O) groups excluding carboxylic acids is 2. The van der Waals surface area contributed by atoms with E-state index in [9.17, 15) is 9.59 Å². The Morgan fingerprint density at radius 2 is 1.94 bits per heavy atom. The molecule has 1 aromatic rings. The number of benzene rings is 1. The monoisotopic (exact) mass is 250 g/mol. The normalized spacial score (nSPS) is 11.4. The van der Waals surface area contributed by atoms with E-state index in [0.717, 1.165) is 5.56 Å². The molecule has 0 bridgehead atoms. The van der Waals surface area contributed by atoms with Crippen LogP contribution in [0.25, 0.3) is 0 Å². The zero-order valence-corrected chi connectivity index (χ0v) is 10.6. The van der Waals surface area contributed by atoms with Crippen LogP contribution in [0.3, 0.4) is 0 Å². The molecule has 0 heterocycles. The minimum Gasteiger partial charge on any atom is -0.467 e. The van der Waals surface area contributed by atoms with Gasteiger partial charge in [0, 0.05) is 13.0 Å². The molecular weight excluding hydrogens is 232 g/mol. The number of nitrogens with one attached hydrogen (secondary N) is 2. The number of ether oxygens (including phenoxy) is 1. The van der Waals surface area contributed by atoms with Gasteiger partial charge >= 0.3 is 12.0 Å². The van der Waals surface area contributed by atoms with Gasteiger partial charge < -0.3 is 15.4 Å². The number of methoxy groups -OCH3 is 1. The van der Waals surface area contributed by atoms with E-state index in [1.54, 1.807) is 0 Å². The fourth-order valence-electron chi connectivity index (χ4n) is 1.56. The number of esters is 1. The summed E-state index contributed by atoms with van der Waals surface area (Å²) < 4.78 is 4.68. The lowest BCUT2D eigenvalue weighted by atomic mass is 10.1. The molecule has 0 saturated heterocycles. The second kappa shape index (κ2) is 7.32. The Balaban J connectivity index is 2.67. The predicted molar refractivity (Wildman–Crippen MR) is 68.2 cm³/mol. The molecule has 1 unspecified atom stereocenters. The zero-order chi connectivity index (χ0) is 13.4. The van der Waals surface area contributed by atoms with Gasteiger partial charge in [-0.15, -0.1) is 0 Å². The van der Waals surface area contributed by atoms with E-state index in [0.29, 0.717) is 13.0 Å². The van der Waals surface area contributed by atoms with Crippen LogP contribution >= 0.6 is 0 Å². The first-order chi connectivity index (χ1) is 8.67. The summed E-state index contributed by atoms with van der Waals surface area (Å²) in [7, 11) is 1.31. The molecule has 0 saturated carbocycles. The summed E-state index contributed by atoms with van der Waals surface area (Å²) >= 11 is 0. The van der Waals surface area contributed by atoms with Crippen molar-refractivity contribution >= 4 is 12.0 Å². The molecule has 0 fully saturated rings. The average Bonchev–Trinajstić information content (AvgIpc) is 2.38. The molecule has 18 heavy (non-hydrogen) atoms. The molecule has 0 aromatic heterocycles. The fourth-order valence-corrected chi connectivity index (χ4v) is 1.56. The second-order valence-corrected chi connectivity index (χ2v) is 3.77. The largest absolute Gasteiger partial charge is 0.467 e. The van der Waals surface area contributed by atoms with Crippen molar-refractivity contribution in [2.45, 2.75) is 19.4 Å². The quantitative estimate of drug-likeness (QED) is 0.769. The molecule has 2 amide bonds. The molecule has 0 spiro atoms. The van der Waals surface area contributed by atoms with Crippen molar-refractivity contribution in [3.63, 3.8) is 0 Å². The maximum absolute atomic E-state index is 11.6. The first-order valence-corrected chi connectivity index (χ1v) is 5.83. The van der Waals surface area contributed by atoms with Gasteiger partial charge in [-0.05, 0) is 12.5 Å². The van der Waals surface area contributed by atoms with Crippen LogP contribution in [0, 0.1) is 0 Å². The Labute approximate surface area is 107 Å². The summed E-state index contributed by atoms with van der Waals surface area (Å²) in [6.45, 7) is 2.31. The Morgan fingerprint density at radius 1 is 1.28 bits per heavy atom. The van der Waals surface area contributed by atoms with Crippen LogP contribution in [-0.4, -0.2) is 31.7 Å². The van der Waals surface area contributed by atoms with Crippen LogP contribution < -0.4 is 10.6 Å². The molecular formula is C13H18N2O3. The molecule has 0 aliphatic heterocycles. The summed E-state index contributed by atoms with van der Waals surface area (Å²) in [5, 5.41) is 5.18. The van der Waals surface area contributed by atoms with Gasteiger partial charge in [0.1, 0.15) is 6.04 Å². The van der Waals surface area contributed by atoms with Crippen molar-refractivity contribution in [1.82, 2.24) is 10.6 Å². The highest BCUT2D eigenvalue weighted by Crippen LogP contribution is 2.04. The standard InChI is InChI=1S/C13H18N2O3/c1-3-14-13(17)15-11(12(16)18-2)9-10-7-5-4-6-8-10/h4-8,11H,3,9H2,1-2H3,(H2,14,15,17). The Kier molecular flexibility index (Phi) is 5.70. The van der Waals surface area contributed by atoms with Gasteiger partial charge in [0.15, 0.2) is 0 Å². The fraction of sp³-hybridized carbons (Fsp3) is 0.385. The summed E-state index contributed by atoms with van der Waals surface area (Å²) in [5.74, 6) is -0.454. The maximum atomic E-state index is 11.6. The number of amides is 2. The Bertz CT molecular complexity index is 392. The average molecular weight is 250 g/mol. The van der Waals surface area contributed by atoms with E-state index in [1.807, 2.05) is 37.3 Å². The van der Waals surface area contributed by atoms with E-state index in [-0.39, 0.29) is 6.03 Å². The highest BCUT2D eigenvalue weighted by atomic mass is 16.5. The van der Waals surface area contributed by atoms with E-state index in [1.165, 1.54) is 7.11 Å². The Hall–Kier alpha value is -2.04. The first-order valence-electron chi connectivity index (χ1n) is 5.83. The minimum absolute atomic E-state index is 0.371. The van der Waals surface area contributed by atoms with Gasteiger partial charge in [-0.2, -0.15) is 0 Å². The van der Waals surface area contributed by atoms with E-state index in [2.05, 4.69) is 15.4 Å². The van der Waals surface area contributed by atoms with Crippen molar-refractivity contribution in [3.05, 3.63) is 35.9 Å². The smallest absolute Gasteiger partial charge is 0.328 e. The molecule has 5 nitrogen and oxygen atoms in total. The maximum Gasteiger partial charge on any atom is 0.328 e. The van der Waals surface area contributed by atoms with E-state index < -0.39 is 12.0 Å². The van der Waals surface area contributed by atoms with Crippen LogP contribution in [0.5, 0.6) is 0 Å². The van der Waals surface area contributed by atoms with Crippen LogP contribution in [-0.2, 0) is 16.0 Å². The van der Waals surface area contributed by atoms with Gasteiger partial charge in [-0.1, -0.05) is 30.3 Å². The zero-order valence-electron chi connectivity index (χ0n) is 10.6. The van der Waals surface area contributed by atoms with Crippen molar-refractivity contribution in [2.75, 3.05) is 13.7 Å². The van der Waals surface area contributed by atoms with Crippen molar-refractivity contribution in [3.8, 4) is 0 Å². The molecule has 98 valence electrons. The lowest BCUT2D eigenvalue weighted by Crippen LogP contribution is -2.47. The summed E-state index contributed by atoms with van der Waals surface area (Å²) in [6.07, 6.45) is 0.407. The predicted octanol–water partition coefficient (Wildman–Crippen LogP) is 1.09. The van der Waals surface area contributed by atoms with Crippen LogP contribution in [0.4, 0.5) is 4.79 Å². The van der Waals surface area contributed by atoms with Gasteiger partial charge in [0.25, 0.3) is 0 Å². The number of carbonyl (C=O) groups is 2. The second-order valence-electron chi connectivity index (χ2n) is 3.77. The highest BCUT2D eigenvalue weighted by Gasteiger charge is 2.21. The van der Waals surface area contributed by atoms with Gasteiger partial charge in [0.05, 0.1) is 7.11 Å². The number of rotatable bonds is 5. The Morgan fingerprint density at radius 3 is 2.50 bits per heavy atom. The lowest BCUT2D eigenvalue weighted by molar-refractivity contribution is -0.142. The van der Waals surface area contributed by atoms with Crippen molar-refractivity contribution in [1.29, 1.82) is 0 Å². The molecule has 0 aliphatic rings. The number of urea groups is 1. The molecule has 1 atom stereocenters. The molecule has 2 N–H and O–H groups in total. The third-order valence-electron chi connectivity index (χ3n) is 2.41. The van der Waals surface area contributed by atoms with Gasteiger partial charge in [-0.3, -0.25) is 0 Å². The topological polar surface area (TPSA) is 67.4 Å². The third kappa shape index (κ3) is 4.45. The summed E-state index contributed by atoms with van der Waals surface area (Å²) in [6, 6.07) is 8.41. The van der Waals surface area contributed by atoms with Crippen molar-refractivity contribution < 1.29 is 14.3 Å². The first kappa shape index (κ1) is 14.0. The van der Waals surface area contributed by atoms with Gasteiger partial charge in [-0.25, -0.2) is 9.59 Å². The van der Waals surface area contributed by atoms with E-state index in [4.69, 9.17) is 0 Å². The van der Waals surface area contributed by atoms with E-state index >= 15 is 0 Å². The van der Waals surface area contributed by atoms with Crippen LogP contribution in [0.15, 0.2) is 30.3 Å². The van der Waals surface area contributed by atoms with Crippen LogP contribution in [0.2, 0.25) is 0 Å². The van der Waals surface area contributed by atoms with Crippen molar-refractivity contribution in [2.24, 2.45) is 0 Å². The number of hydrogen-bond acceptors (Lipinski definition) is 3. The molecule has 0 aliphatic carbocycles. The molecule has 0 radical (unpaired) electrons. The number of hydrogen-bond donors (Lipinski definition) is 2. The molecule has 5 heteroatoms. The van der Waals surface area contributed by atoms with Gasteiger partial charge in [0.2, 0.25) is 0 Å². The molecule has 1 aromatic carbocycles. The minimum atomic E-state index is -0.677. The summed E-state index contributed by atoms with van der Waals surface area (Å²) in [4.78, 5) is 23.0. The highest BCUT2D eigenvalue weighted by molar-refractivity contribution is 5.83. The third-order valence-corrected chi connectivity index (χ3v) is 2.41. The lowest BCUT2D eigenvalue weighted by Gasteiger charge is -2.16. The van der Waals surface area contributed by atoms with Crippen LogP contribution in [0.1, 0.15) is 12.5 Å². The molecule has 1 rings (SSSR count). The summed E-state index contributed by atoms with van der Waals surface area (Å²) in [5.41, 5.74) is 0.963.